The van der Waals surface area contributed by atoms with Crippen LogP contribution in [0.15, 0.2) is 68.8 Å². The van der Waals surface area contributed by atoms with E-state index >= 15 is 0 Å². The highest BCUT2D eigenvalue weighted by molar-refractivity contribution is 8.01. The Bertz CT molecular complexity index is 1530. The summed E-state index contributed by atoms with van der Waals surface area (Å²) in [6.07, 6.45) is 0.984. The van der Waals surface area contributed by atoms with Gasteiger partial charge in [0.15, 0.2) is 10.1 Å². The molecule has 1 unspecified atom stereocenters. The van der Waals surface area contributed by atoms with Gasteiger partial charge in [0.25, 0.3) is 0 Å². The van der Waals surface area contributed by atoms with Crippen LogP contribution >= 0.6 is 34.4 Å². The molecule has 0 bridgehead atoms. The van der Waals surface area contributed by atoms with Crippen LogP contribution in [0.5, 0.6) is 5.75 Å². The summed E-state index contributed by atoms with van der Waals surface area (Å²) in [6, 6.07) is 13.3. The molecule has 3 heterocycles. The molecule has 0 spiro atoms. The van der Waals surface area contributed by atoms with Crippen molar-refractivity contribution in [2.45, 2.75) is 36.9 Å². The summed E-state index contributed by atoms with van der Waals surface area (Å²) in [5.74, 6) is 0.240. The molecule has 0 saturated heterocycles. The van der Waals surface area contributed by atoms with Crippen LogP contribution in [0.25, 0.3) is 0 Å². The number of carbonyl (C=O) groups excluding carboxylic acids is 2. The van der Waals surface area contributed by atoms with E-state index in [0.29, 0.717) is 44.9 Å². The van der Waals surface area contributed by atoms with Crippen molar-refractivity contribution in [1.29, 1.82) is 5.26 Å². The van der Waals surface area contributed by atoms with Crippen LogP contribution in [0.2, 0.25) is 0 Å². The first-order valence-electron chi connectivity index (χ1n) is 12.1. The normalized spacial score (nSPS) is 18.6. The molecule has 1 aromatic carbocycles. The fourth-order valence-electron chi connectivity index (χ4n) is 4.88. The number of nitrogens with two attached hydrogens (primary N) is 1. The van der Waals surface area contributed by atoms with Crippen molar-refractivity contribution in [1.82, 2.24) is 10.2 Å². The van der Waals surface area contributed by atoms with Crippen LogP contribution in [0.3, 0.4) is 0 Å². The van der Waals surface area contributed by atoms with E-state index in [0.717, 1.165) is 10.6 Å². The number of ether oxygens (including phenoxy) is 1. The van der Waals surface area contributed by atoms with E-state index in [1.807, 2.05) is 29.6 Å². The number of methoxy groups -OCH3 is 1. The maximum absolute atomic E-state index is 13.5. The van der Waals surface area contributed by atoms with Gasteiger partial charge in [0, 0.05) is 22.6 Å². The fraction of sp³-hybridized carbons (Fsp3) is 0.296. The van der Waals surface area contributed by atoms with Gasteiger partial charge in [-0.05, 0) is 35.4 Å². The van der Waals surface area contributed by atoms with Crippen molar-refractivity contribution in [2.75, 3.05) is 23.1 Å². The number of nitrogens with one attached hydrogen (secondary N) is 1. The summed E-state index contributed by atoms with van der Waals surface area (Å²) >= 11 is 4.01. The lowest BCUT2D eigenvalue weighted by Gasteiger charge is -2.42. The second-order valence-electron chi connectivity index (χ2n) is 9.88. The zero-order chi connectivity index (χ0) is 27.7. The van der Waals surface area contributed by atoms with Gasteiger partial charge >= 0.3 is 0 Å². The number of thiophene rings is 1. The number of carbonyl (C=O) groups is 2. The standard InChI is InChI=1S/C27H26N6O3S3/c1-27(2)11-17-23(18(34)12-27)22(20-9-6-10-37-20)15(13-28)24(29)33(17)25-31-32-26(39-25)38-14-21(35)30-16-7-4-5-8-19(16)36-3/h4-10,22H,11-12,14,29H2,1-3H3,(H,30,35). The molecule has 39 heavy (non-hydrogen) atoms. The third-order valence-electron chi connectivity index (χ3n) is 6.50. The molecule has 12 heteroatoms. The van der Waals surface area contributed by atoms with Gasteiger partial charge in [-0.1, -0.05) is 55.1 Å². The van der Waals surface area contributed by atoms with Crippen LogP contribution in [-0.2, 0) is 9.59 Å². The molecular formula is C27H26N6O3S3. The number of rotatable bonds is 7. The molecule has 9 nitrogen and oxygen atoms in total. The third kappa shape index (κ3) is 5.30. The first-order valence-corrected chi connectivity index (χ1v) is 14.8. The number of anilines is 2. The quantitative estimate of drug-likeness (QED) is 0.359. The van der Waals surface area contributed by atoms with Crippen LogP contribution in [0.1, 0.15) is 37.5 Å². The van der Waals surface area contributed by atoms with Crippen molar-refractivity contribution in [2.24, 2.45) is 11.1 Å². The molecule has 200 valence electrons. The SMILES string of the molecule is COc1ccccc1NC(=O)CSc1nnc(N2C(N)=C(C#N)C(c3cccs3)C3=C2CC(C)(C)CC3=O)s1. The van der Waals surface area contributed by atoms with Crippen molar-refractivity contribution < 1.29 is 14.3 Å². The maximum Gasteiger partial charge on any atom is 0.234 e. The minimum absolute atomic E-state index is 0.0111. The number of aromatic nitrogens is 2. The summed E-state index contributed by atoms with van der Waals surface area (Å²) in [7, 11) is 1.55. The zero-order valence-electron chi connectivity index (χ0n) is 21.6. The summed E-state index contributed by atoms with van der Waals surface area (Å²) < 4.78 is 5.86. The summed E-state index contributed by atoms with van der Waals surface area (Å²) in [4.78, 5) is 28.7. The number of ketones is 1. The van der Waals surface area contributed by atoms with E-state index in [9.17, 15) is 14.9 Å². The van der Waals surface area contributed by atoms with Gasteiger partial charge in [-0.25, -0.2) is 0 Å². The van der Waals surface area contributed by atoms with Gasteiger partial charge in [-0.2, -0.15) is 5.26 Å². The molecule has 0 fully saturated rings. The van der Waals surface area contributed by atoms with Crippen LogP contribution in [-0.4, -0.2) is 34.8 Å². The lowest BCUT2D eigenvalue weighted by molar-refractivity contribution is -0.118. The Morgan fingerprint density at radius 2 is 2.08 bits per heavy atom. The molecule has 2 aromatic heterocycles. The number of Topliss-reactive ketones (excluding diaryl/α,β-unsaturated/α-hetero) is 1. The first-order chi connectivity index (χ1) is 18.7. The minimum atomic E-state index is -0.495. The minimum Gasteiger partial charge on any atom is -0.495 e. The van der Waals surface area contributed by atoms with Crippen molar-refractivity contribution in [3.05, 3.63) is 69.3 Å². The predicted octanol–water partition coefficient (Wildman–Crippen LogP) is 5.28. The average molecular weight is 579 g/mol. The number of thioether (sulfide) groups is 1. The largest absolute Gasteiger partial charge is 0.495 e. The highest BCUT2D eigenvalue weighted by atomic mass is 32.2. The lowest BCUT2D eigenvalue weighted by atomic mass is 9.70. The monoisotopic (exact) mass is 578 g/mol. The molecule has 3 N–H and O–H groups in total. The van der Waals surface area contributed by atoms with E-state index in [2.05, 4.69) is 35.4 Å². The number of hydrogen-bond acceptors (Lipinski definition) is 11. The molecule has 1 aliphatic heterocycles. The Balaban J connectivity index is 1.43. The van der Waals surface area contributed by atoms with Gasteiger partial charge in [-0.15, -0.1) is 21.5 Å². The molecule has 0 saturated carbocycles. The van der Waals surface area contributed by atoms with Gasteiger partial charge in [0.1, 0.15) is 11.6 Å². The van der Waals surface area contributed by atoms with Gasteiger partial charge in [0.05, 0.1) is 36.1 Å². The number of allylic oxidation sites excluding steroid dienone is 3. The number of hydrogen-bond donors (Lipinski definition) is 2. The Labute approximate surface area is 238 Å². The number of nitriles is 1. The van der Waals surface area contributed by atoms with Crippen molar-refractivity contribution in [3.63, 3.8) is 0 Å². The molecule has 3 aromatic rings. The van der Waals surface area contributed by atoms with Crippen LogP contribution in [0.4, 0.5) is 10.8 Å². The molecule has 2 aliphatic rings. The van der Waals surface area contributed by atoms with E-state index in [4.69, 9.17) is 10.5 Å². The molecule has 1 amide bonds. The second-order valence-corrected chi connectivity index (χ2v) is 13.0. The van der Waals surface area contributed by atoms with E-state index < -0.39 is 5.92 Å². The van der Waals surface area contributed by atoms with Crippen LogP contribution in [0, 0.1) is 16.7 Å². The topological polar surface area (TPSA) is 134 Å². The first kappa shape index (κ1) is 26.9. The Kier molecular flexibility index (Phi) is 7.48. The van der Waals surface area contributed by atoms with E-state index in [-0.39, 0.29) is 28.7 Å². The summed E-state index contributed by atoms with van der Waals surface area (Å²) in [5, 5.41) is 24.0. The van der Waals surface area contributed by atoms with E-state index in [1.165, 1.54) is 34.4 Å². The Hall–Kier alpha value is -3.66. The van der Waals surface area contributed by atoms with Gasteiger partial charge in [-0.3, -0.25) is 14.5 Å². The molecule has 1 atom stereocenters. The van der Waals surface area contributed by atoms with Crippen molar-refractivity contribution in [3.8, 4) is 11.8 Å². The molecule has 1 aliphatic carbocycles. The predicted molar refractivity (Wildman–Crippen MR) is 154 cm³/mol. The van der Waals surface area contributed by atoms with E-state index in [1.54, 1.807) is 24.1 Å². The number of nitrogens with zero attached hydrogens (tertiary/aromatic N) is 4. The Morgan fingerprint density at radius 3 is 2.79 bits per heavy atom. The highest BCUT2D eigenvalue weighted by Crippen LogP contribution is 2.51. The number of para-hydroxylation sites is 2. The van der Waals surface area contributed by atoms with Gasteiger partial charge in [0.2, 0.25) is 11.0 Å². The zero-order valence-corrected chi connectivity index (χ0v) is 24.0. The average Bonchev–Trinajstić information content (AvgIpc) is 3.59. The van der Waals surface area contributed by atoms with Crippen molar-refractivity contribution >= 4 is 56.9 Å². The van der Waals surface area contributed by atoms with Crippen LogP contribution < -0.4 is 20.7 Å². The number of benzene rings is 1. The molecule has 0 radical (unpaired) electrons. The lowest BCUT2D eigenvalue weighted by Crippen LogP contribution is -2.42. The molecule has 5 rings (SSSR count). The third-order valence-corrected chi connectivity index (χ3v) is 9.48. The summed E-state index contributed by atoms with van der Waals surface area (Å²) in [6.45, 7) is 4.10. The fourth-order valence-corrected chi connectivity index (χ4v) is 7.40. The Morgan fingerprint density at radius 1 is 1.28 bits per heavy atom. The smallest absolute Gasteiger partial charge is 0.234 e. The maximum atomic E-state index is 13.5. The summed E-state index contributed by atoms with van der Waals surface area (Å²) in [5.41, 5.74) is 8.63. The highest BCUT2D eigenvalue weighted by Gasteiger charge is 2.45. The molecular weight excluding hydrogens is 553 g/mol. The van der Waals surface area contributed by atoms with Gasteiger partial charge < -0.3 is 15.8 Å². The number of amides is 1. The second kappa shape index (κ2) is 10.8.